The Morgan fingerprint density at radius 1 is 1.14 bits per heavy atom. The van der Waals surface area contributed by atoms with Crippen LogP contribution in [0.15, 0.2) is 23.1 Å². The Bertz CT molecular complexity index is 344. The molecule has 0 bridgehead atoms. The first kappa shape index (κ1) is 8.81. The predicted octanol–water partition coefficient (Wildman–Crippen LogP) is 2.24. The number of nitrogens with one attached hydrogen (secondary N) is 1. The second-order valence-electron chi connectivity index (χ2n) is 4.18. The maximum atomic E-state index is 3.31. The van der Waals surface area contributed by atoms with Gasteiger partial charge in [-0.2, -0.15) is 0 Å². The molecule has 0 unspecified atom stereocenters. The van der Waals surface area contributed by atoms with Crippen molar-refractivity contribution in [1.29, 1.82) is 0 Å². The quantitative estimate of drug-likeness (QED) is 0.794. The molecular formula is C12H15NS. The fraction of sp³-hybridized carbons (Fsp3) is 0.500. The maximum absolute atomic E-state index is 3.31. The summed E-state index contributed by atoms with van der Waals surface area (Å²) in [7, 11) is 0. The molecule has 1 heterocycles. The molecule has 2 heteroatoms. The summed E-state index contributed by atoms with van der Waals surface area (Å²) in [5, 5.41) is 4.13. The van der Waals surface area contributed by atoms with Gasteiger partial charge in [0.1, 0.15) is 0 Å². The summed E-state index contributed by atoms with van der Waals surface area (Å²) >= 11 is 2.03. The normalized spacial score (nSPS) is 20.6. The monoisotopic (exact) mass is 205 g/mol. The van der Waals surface area contributed by atoms with E-state index >= 15 is 0 Å². The van der Waals surface area contributed by atoms with Crippen molar-refractivity contribution >= 4 is 11.8 Å². The fourth-order valence-corrected chi connectivity index (χ4v) is 3.30. The molecule has 0 spiro atoms. The Kier molecular flexibility index (Phi) is 2.26. The highest BCUT2D eigenvalue weighted by molar-refractivity contribution is 8.00. The number of benzene rings is 1. The highest BCUT2D eigenvalue weighted by Gasteiger charge is 2.18. The Morgan fingerprint density at radius 3 is 2.79 bits per heavy atom. The summed E-state index contributed by atoms with van der Waals surface area (Å²) in [6, 6.07) is 7.04. The molecule has 74 valence electrons. The number of rotatable bonds is 2. The number of thioether (sulfide) groups is 1. The van der Waals surface area contributed by atoms with Gasteiger partial charge in [-0.25, -0.2) is 0 Å². The Labute approximate surface area is 89.3 Å². The summed E-state index contributed by atoms with van der Waals surface area (Å²) in [4.78, 5) is 1.47. The van der Waals surface area contributed by atoms with E-state index in [1.165, 1.54) is 37.2 Å². The molecule has 0 aromatic heterocycles. The molecule has 1 aliphatic carbocycles. The molecule has 1 saturated heterocycles. The van der Waals surface area contributed by atoms with Gasteiger partial charge in [0.15, 0.2) is 0 Å². The van der Waals surface area contributed by atoms with Crippen molar-refractivity contribution in [3.8, 4) is 0 Å². The zero-order valence-electron chi connectivity index (χ0n) is 8.25. The van der Waals surface area contributed by atoms with Gasteiger partial charge >= 0.3 is 0 Å². The lowest BCUT2D eigenvalue weighted by atomic mass is 10.1. The van der Waals surface area contributed by atoms with E-state index in [2.05, 4.69) is 23.5 Å². The van der Waals surface area contributed by atoms with Crippen molar-refractivity contribution in [2.75, 3.05) is 13.1 Å². The lowest BCUT2D eigenvalue weighted by molar-refractivity contribution is 0.544. The van der Waals surface area contributed by atoms with Gasteiger partial charge in [-0.1, -0.05) is 6.07 Å². The molecule has 3 rings (SSSR count). The van der Waals surface area contributed by atoms with Crippen molar-refractivity contribution in [2.24, 2.45) is 0 Å². The van der Waals surface area contributed by atoms with Crippen LogP contribution >= 0.6 is 11.8 Å². The first-order chi connectivity index (χ1) is 6.92. The van der Waals surface area contributed by atoms with E-state index in [-0.39, 0.29) is 0 Å². The number of hydrogen-bond acceptors (Lipinski definition) is 2. The van der Waals surface area contributed by atoms with E-state index in [4.69, 9.17) is 0 Å². The van der Waals surface area contributed by atoms with Crippen molar-refractivity contribution in [2.45, 2.75) is 29.4 Å². The third-order valence-corrected chi connectivity index (χ3v) is 4.31. The van der Waals surface area contributed by atoms with E-state index < -0.39 is 0 Å². The number of aryl methyl sites for hydroxylation is 2. The van der Waals surface area contributed by atoms with Crippen LogP contribution in [0.25, 0.3) is 0 Å². The van der Waals surface area contributed by atoms with Crippen LogP contribution in [-0.4, -0.2) is 18.3 Å². The summed E-state index contributed by atoms with van der Waals surface area (Å²) in [6.45, 7) is 2.36. The van der Waals surface area contributed by atoms with Crippen molar-refractivity contribution < 1.29 is 0 Å². The van der Waals surface area contributed by atoms with E-state index in [0.717, 1.165) is 5.25 Å². The molecule has 0 saturated carbocycles. The summed E-state index contributed by atoms with van der Waals surface area (Å²) in [6.07, 6.45) is 3.95. The lowest BCUT2D eigenvalue weighted by Crippen LogP contribution is -2.44. The molecule has 1 fully saturated rings. The lowest BCUT2D eigenvalue weighted by Gasteiger charge is -2.26. The molecule has 1 N–H and O–H groups in total. The van der Waals surface area contributed by atoms with Gasteiger partial charge in [0, 0.05) is 23.2 Å². The maximum Gasteiger partial charge on any atom is 0.0344 e. The molecule has 2 aliphatic rings. The first-order valence-corrected chi connectivity index (χ1v) is 6.29. The molecule has 0 amide bonds. The molecule has 14 heavy (non-hydrogen) atoms. The summed E-state index contributed by atoms with van der Waals surface area (Å²) in [5.41, 5.74) is 3.18. The minimum absolute atomic E-state index is 0.814. The topological polar surface area (TPSA) is 12.0 Å². The van der Waals surface area contributed by atoms with Gasteiger partial charge in [0.25, 0.3) is 0 Å². The summed E-state index contributed by atoms with van der Waals surface area (Å²) in [5.74, 6) is 0. The molecule has 1 aliphatic heterocycles. The third-order valence-electron chi connectivity index (χ3n) is 3.12. The number of fused-ring (bicyclic) bond motifs is 1. The molecular weight excluding hydrogens is 190 g/mol. The smallest absolute Gasteiger partial charge is 0.0344 e. The second kappa shape index (κ2) is 3.59. The van der Waals surface area contributed by atoms with Gasteiger partial charge in [-0.15, -0.1) is 11.8 Å². The van der Waals surface area contributed by atoms with E-state index in [9.17, 15) is 0 Å². The predicted molar refractivity (Wildman–Crippen MR) is 61.0 cm³/mol. The van der Waals surface area contributed by atoms with Crippen LogP contribution in [0.1, 0.15) is 17.5 Å². The largest absolute Gasteiger partial charge is 0.314 e. The van der Waals surface area contributed by atoms with Crippen LogP contribution in [0, 0.1) is 0 Å². The van der Waals surface area contributed by atoms with E-state index in [0.29, 0.717) is 0 Å². The zero-order valence-corrected chi connectivity index (χ0v) is 9.07. The molecule has 0 radical (unpaired) electrons. The molecule has 1 aromatic carbocycles. The van der Waals surface area contributed by atoms with E-state index in [1.807, 2.05) is 11.8 Å². The average Bonchev–Trinajstić information content (AvgIpc) is 2.58. The SMILES string of the molecule is c1cc2c(cc1SC1CNC1)CCC2. The van der Waals surface area contributed by atoms with Crippen LogP contribution in [0.3, 0.4) is 0 Å². The molecule has 0 atom stereocenters. The van der Waals surface area contributed by atoms with Gasteiger partial charge < -0.3 is 5.32 Å². The van der Waals surface area contributed by atoms with Crippen LogP contribution in [0.4, 0.5) is 0 Å². The van der Waals surface area contributed by atoms with Crippen LogP contribution < -0.4 is 5.32 Å². The van der Waals surface area contributed by atoms with Crippen molar-refractivity contribution in [3.63, 3.8) is 0 Å². The van der Waals surface area contributed by atoms with Gasteiger partial charge in [-0.05, 0) is 42.5 Å². The third kappa shape index (κ3) is 1.57. The minimum Gasteiger partial charge on any atom is -0.314 e. The fourth-order valence-electron chi connectivity index (χ4n) is 2.16. The van der Waals surface area contributed by atoms with Crippen molar-refractivity contribution in [3.05, 3.63) is 29.3 Å². The standard InChI is InChI=1S/C12H15NS/c1-2-9-4-5-11(6-10(9)3-1)14-12-7-13-8-12/h4-6,12-13H,1-3,7-8H2. The highest BCUT2D eigenvalue weighted by atomic mass is 32.2. The Morgan fingerprint density at radius 2 is 2.00 bits per heavy atom. The molecule has 1 nitrogen and oxygen atoms in total. The van der Waals surface area contributed by atoms with Crippen LogP contribution in [0.2, 0.25) is 0 Å². The van der Waals surface area contributed by atoms with Crippen LogP contribution in [0.5, 0.6) is 0 Å². The highest BCUT2D eigenvalue weighted by Crippen LogP contribution is 2.30. The van der Waals surface area contributed by atoms with Crippen molar-refractivity contribution in [1.82, 2.24) is 5.32 Å². The van der Waals surface area contributed by atoms with Gasteiger partial charge in [0.2, 0.25) is 0 Å². The Hall–Kier alpha value is -0.470. The average molecular weight is 205 g/mol. The van der Waals surface area contributed by atoms with E-state index in [1.54, 1.807) is 11.1 Å². The molecule has 1 aromatic rings. The zero-order chi connectivity index (χ0) is 9.38. The first-order valence-electron chi connectivity index (χ1n) is 5.41. The second-order valence-corrected chi connectivity index (χ2v) is 5.56. The Balaban J connectivity index is 1.78. The number of hydrogen-bond donors (Lipinski definition) is 1. The van der Waals surface area contributed by atoms with Gasteiger partial charge in [-0.3, -0.25) is 0 Å². The van der Waals surface area contributed by atoms with Gasteiger partial charge in [0.05, 0.1) is 0 Å². The summed E-state index contributed by atoms with van der Waals surface area (Å²) < 4.78 is 0. The van der Waals surface area contributed by atoms with Crippen LogP contribution in [-0.2, 0) is 12.8 Å². The minimum atomic E-state index is 0.814.